The third-order valence-corrected chi connectivity index (χ3v) is 5.99. The molecule has 8 nitrogen and oxygen atoms in total. The van der Waals surface area contributed by atoms with Crippen molar-refractivity contribution in [2.75, 3.05) is 20.8 Å². The molecule has 2 N–H and O–H groups in total. The zero-order valence-corrected chi connectivity index (χ0v) is 23.5. The Labute approximate surface area is 241 Å². The normalized spacial score (nSPS) is 12.8. The number of nitrogens with zero attached hydrogens (tertiary/aromatic N) is 1. The second-order valence-electron chi connectivity index (χ2n) is 8.75. The number of oxime groups is 1. The molecule has 0 fully saturated rings. The van der Waals surface area contributed by atoms with E-state index < -0.39 is 17.7 Å². The number of hydrogen-bond acceptors (Lipinski definition) is 8. The highest BCUT2D eigenvalue weighted by atomic mass is 19.4. The summed E-state index contributed by atoms with van der Waals surface area (Å²) in [6.45, 7) is 3.74. The van der Waals surface area contributed by atoms with Crippen LogP contribution in [0.2, 0.25) is 0 Å². The molecular weight excluding hydrogens is 553 g/mol. The van der Waals surface area contributed by atoms with E-state index in [1.54, 1.807) is 68.4 Å². The molecule has 0 aliphatic carbocycles. The van der Waals surface area contributed by atoms with Gasteiger partial charge in [0.25, 0.3) is 0 Å². The van der Waals surface area contributed by atoms with Crippen molar-refractivity contribution in [1.29, 1.82) is 0 Å². The number of methoxy groups -OCH3 is 2. The summed E-state index contributed by atoms with van der Waals surface area (Å²) in [5.74, 6) is 5.76. The highest BCUT2D eigenvalue weighted by Crippen LogP contribution is 2.31. The molecule has 42 heavy (non-hydrogen) atoms. The molecule has 222 valence electrons. The van der Waals surface area contributed by atoms with Crippen molar-refractivity contribution >= 4 is 23.0 Å². The van der Waals surface area contributed by atoms with Crippen LogP contribution in [0.3, 0.4) is 0 Å². The third kappa shape index (κ3) is 7.91. The van der Waals surface area contributed by atoms with Gasteiger partial charge in [-0.2, -0.15) is 19.1 Å². The average Bonchev–Trinajstić information content (AvgIpc) is 2.99. The Morgan fingerprint density at radius 2 is 1.67 bits per heavy atom. The molecule has 0 amide bonds. The molecule has 0 saturated heterocycles. The zero-order chi connectivity index (χ0) is 30.7. The number of benzene rings is 3. The Hall–Kier alpha value is -4.77. The van der Waals surface area contributed by atoms with Crippen LogP contribution in [0.4, 0.5) is 13.2 Å². The van der Waals surface area contributed by atoms with Gasteiger partial charge in [0.15, 0.2) is 5.76 Å². The van der Waals surface area contributed by atoms with Crippen LogP contribution in [0.15, 0.2) is 89.8 Å². The average molecular weight is 585 g/mol. The van der Waals surface area contributed by atoms with Crippen LogP contribution in [-0.4, -0.2) is 32.5 Å². The second kappa shape index (κ2) is 14.7. The van der Waals surface area contributed by atoms with Gasteiger partial charge in [0.1, 0.15) is 30.2 Å². The van der Waals surface area contributed by atoms with Gasteiger partial charge in [0.05, 0.1) is 26.0 Å². The van der Waals surface area contributed by atoms with Gasteiger partial charge in [0.2, 0.25) is 0 Å². The number of allylic oxidation sites excluding steroid dienone is 1. The Morgan fingerprint density at radius 1 is 0.976 bits per heavy atom. The molecule has 0 aromatic heterocycles. The van der Waals surface area contributed by atoms with E-state index in [2.05, 4.69) is 5.16 Å². The van der Waals surface area contributed by atoms with Gasteiger partial charge in [-0.1, -0.05) is 41.6 Å². The number of esters is 1. The van der Waals surface area contributed by atoms with Crippen LogP contribution in [-0.2, 0) is 36.7 Å². The quantitative estimate of drug-likeness (QED) is 0.0852. The van der Waals surface area contributed by atoms with Crippen LogP contribution in [0.1, 0.15) is 41.7 Å². The first-order valence-corrected chi connectivity index (χ1v) is 12.7. The number of carbonyl (C=O) groups excluding carboxylic acids is 1. The SMILES string of the molecule is CCO/N=C(/C(C)=C(\ON)c1ccccc1/C(=C/OC)C(=O)OC)c1ccc(OCc2cccc(C(F)(F)F)c2)cc1. The summed E-state index contributed by atoms with van der Waals surface area (Å²) < 4.78 is 54.8. The van der Waals surface area contributed by atoms with Gasteiger partial charge >= 0.3 is 12.1 Å². The fraction of sp³-hybridized carbons (Fsp3) is 0.226. The first kappa shape index (κ1) is 31.8. The maximum Gasteiger partial charge on any atom is 0.416 e. The van der Waals surface area contributed by atoms with E-state index in [1.807, 2.05) is 0 Å². The topological polar surface area (TPSA) is 102 Å². The highest BCUT2D eigenvalue weighted by molar-refractivity contribution is 6.19. The Bertz CT molecular complexity index is 1460. The predicted octanol–water partition coefficient (Wildman–Crippen LogP) is 6.51. The molecule has 0 heterocycles. The van der Waals surface area contributed by atoms with Gasteiger partial charge in [-0.15, -0.1) is 0 Å². The number of alkyl halides is 3. The number of hydrogen-bond donors (Lipinski definition) is 1. The lowest BCUT2D eigenvalue weighted by atomic mass is 9.94. The molecule has 0 atom stereocenters. The standard InChI is InChI=1S/C31H31F3N2O6/c1-5-41-36-28(20(2)29(42-35)26-12-7-6-11-25(26)27(19-38-3)30(37)39-4)22-13-15-24(16-14-22)40-18-21-9-8-10-23(17-21)31(32,33)34/h6-17,19H,5,18,35H2,1-4H3/b27-19-,29-20-,36-28-. The minimum atomic E-state index is -4.44. The molecule has 0 aliphatic heterocycles. The van der Waals surface area contributed by atoms with Gasteiger partial charge in [0, 0.05) is 22.3 Å². The summed E-state index contributed by atoms with van der Waals surface area (Å²) in [7, 11) is 2.67. The number of halogens is 3. The summed E-state index contributed by atoms with van der Waals surface area (Å²) in [6.07, 6.45) is -3.17. The lowest BCUT2D eigenvalue weighted by Gasteiger charge is -2.17. The molecule has 3 rings (SSSR count). The van der Waals surface area contributed by atoms with E-state index >= 15 is 0 Å². The van der Waals surface area contributed by atoms with Crippen LogP contribution >= 0.6 is 0 Å². The van der Waals surface area contributed by atoms with Gasteiger partial charge in [-0.3, -0.25) is 0 Å². The molecular formula is C31H31F3N2O6. The molecule has 3 aromatic carbocycles. The van der Waals surface area contributed by atoms with Crippen LogP contribution < -0.4 is 10.6 Å². The largest absolute Gasteiger partial charge is 0.503 e. The smallest absolute Gasteiger partial charge is 0.416 e. The molecule has 0 saturated carbocycles. The van der Waals surface area contributed by atoms with Gasteiger partial charge in [-0.25, -0.2) is 4.79 Å². The molecule has 3 aromatic rings. The maximum atomic E-state index is 13.0. The van der Waals surface area contributed by atoms with Crippen molar-refractivity contribution in [3.63, 3.8) is 0 Å². The highest BCUT2D eigenvalue weighted by Gasteiger charge is 2.30. The van der Waals surface area contributed by atoms with Crippen LogP contribution in [0, 0.1) is 0 Å². The second-order valence-corrected chi connectivity index (χ2v) is 8.75. The van der Waals surface area contributed by atoms with Gasteiger partial charge < -0.3 is 23.9 Å². The van der Waals surface area contributed by atoms with Crippen LogP contribution in [0.25, 0.3) is 11.3 Å². The summed E-state index contributed by atoms with van der Waals surface area (Å²) in [5, 5.41) is 4.27. The van der Waals surface area contributed by atoms with Crippen molar-refractivity contribution in [1.82, 2.24) is 0 Å². The monoisotopic (exact) mass is 584 g/mol. The lowest BCUT2D eigenvalue weighted by Crippen LogP contribution is -2.13. The Kier molecular flexibility index (Phi) is 11.1. The van der Waals surface area contributed by atoms with Crippen molar-refractivity contribution in [2.24, 2.45) is 11.1 Å². The van der Waals surface area contributed by atoms with Crippen molar-refractivity contribution in [3.05, 3.63) is 112 Å². The number of rotatable bonds is 12. The van der Waals surface area contributed by atoms with E-state index in [4.69, 9.17) is 29.8 Å². The molecule has 0 aliphatic rings. The molecule has 0 radical (unpaired) electrons. The zero-order valence-electron chi connectivity index (χ0n) is 23.5. The molecule has 0 bridgehead atoms. The van der Waals surface area contributed by atoms with E-state index in [0.29, 0.717) is 39.3 Å². The van der Waals surface area contributed by atoms with Crippen molar-refractivity contribution < 1.29 is 41.9 Å². The fourth-order valence-corrected chi connectivity index (χ4v) is 4.01. The number of nitrogens with two attached hydrogens (primary N) is 1. The minimum absolute atomic E-state index is 0.0540. The molecule has 0 unspecified atom stereocenters. The summed E-state index contributed by atoms with van der Waals surface area (Å²) in [5.41, 5.74) is 2.17. The number of ether oxygens (including phenoxy) is 3. The predicted molar refractivity (Wildman–Crippen MR) is 152 cm³/mol. The fourth-order valence-electron chi connectivity index (χ4n) is 4.01. The van der Waals surface area contributed by atoms with E-state index in [-0.39, 0.29) is 24.5 Å². The maximum absolute atomic E-state index is 13.0. The first-order valence-electron chi connectivity index (χ1n) is 12.7. The minimum Gasteiger partial charge on any atom is -0.503 e. The molecule has 0 spiro atoms. The third-order valence-electron chi connectivity index (χ3n) is 5.99. The van der Waals surface area contributed by atoms with Crippen LogP contribution in [0.5, 0.6) is 5.75 Å². The summed E-state index contributed by atoms with van der Waals surface area (Å²) in [4.78, 5) is 23.2. The summed E-state index contributed by atoms with van der Waals surface area (Å²) in [6, 6.07) is 18.6. The number of carbonyl (C=O) groups is 1. The van der Waals surface area contributed by atoms with Crippen molar-refractivity contribution in [2.45, 2.75) is 26.6 Å². The van der Waals surface area contributed by atoms with E-state index in [9.17, 15) is 18.0 Å². The van der Waals surface area contributed by atoms with E-state index in [1.165, 1.54) is 26.5 Å². The van der Waals surface area contributed by atoms with E-state index in [0.717, 1.165) is 12.1 Å². The Balaban J connectivity index is 1.97. The first-order chi connectivity index (χ1) is 20.1. The lowest BCUT2D eigenvalue weighted by molar-refractivity contribution is -0.137. The molecule has 11 heteroatoms. The van der Waals surface area contributed by atoms with Crippen molar-refractivity contribution in [3.8, 4) is 5.75 Å². The summed E-state index contributed by atoms with van der Waals surface area (Å²) >= 11 is 0. The van der Waals surface area contributed by atoms with Gasteiger partial charge in [-0.05, 0) is 55.8 Å². The Morgan fingerprint density at radius 3 is 2.26 bits per heavy atom.